The molecule has 2 aromatic rings. The highest BCUT2D eigenvalue weighted by Gasteiger charge is 2.29. The van der Waals surface area contributed by atoms with E-state index >= 15 is 0 Å². The highest BCUT2D eigenvalue weighted by atomic mass is 127. The number of thiophene rings is 1. The molecule has 1 aliphatic rings. The van der Waals surface area contributed by atoms with E-state index in [2.05, 4.69) is 45.2 Å². The van der Waals surface area contributed by atoms with Gasteiger partial charge in [0.2, 0.25) is 0 Å². The molecule has 2 heterocycles. The van der Waals surface area contributed by atoms with Crippen molar-refractivity contribution in [2.75, 3.05) is 11.9 Å². The van der Waals surface area contributed by atoms with Gasteiger partial charge in [0.15, 0.2) is 5.11 Å². The van der Waals surface area contributed by atoms with E-state index in [4.69, 9.17) is 17.0 Å². The second-order valence-electron chi connectivity index (χ2n) is 6.82. The highest BCUT2D eigenvalue weighted by Crippen LogP contribution is 2.40. The van der Waals surface area contributed by atoms with E-state index in [1.807, 2.05) is 0 Å². The third kappa shape index (κ3) is 4.80. The van der Waals surface area contributed by atoms with Crippen LogP contribution in [0.4, 0.5) is 5.00 Å². The summed E-state index contributed by atoms with van der Waals surface area (Å²) in [5, 5.41) is 10.6. The summed E-state index contributed by atoms with van der Waals surface area (Å²) in [5.41, 5.74) is 2.03. The summed E-state index contributed by atoms with van der Waals surface area (Å²) in [4.78, 5) is 26.4. The van der Waals surface area contributed by atoms with Crippen LogP contribution >= 0.6 is 46.1 Å². The first-order chi connectivity index (χ1) is 13.8. The topological polar surface area (TPSA) is 85.2 Å². The molecule has 2 N–H and O–H groups in total. The maximum atomic E-state index is 12.6. The number of hydrogen-bond acceptors (Lipinski definition) is 6. The summed E-state index contributed by atoms with van der Waals surface area (Å²) in [6.07, 6.45) is 5.60. The fourth-order valence-electron chi connectivity index (χ4n) is 3.47. The molecule has 0 unspecified atom stereocenters. The van der Waals surface area contributed by atoms with Crippen molar-refractivity contribution in [3.8, 4) is 0 Å². The average Bonchev–Trinajstić information content (AvgIpc) is 3.19. The Balaban J connectivity index is 1.82. The molecule has 0 bridgehead atoms. The molecule has 1 aliphatic carbocycles. The third-order valence-corrected chi connectivity index (χ3v) is 7.15. The summed E-state index contributed by atoms with van der Waals surface area (Å²) >= 11 is 8.93. The normalized spacial score (nSPS) is 15.5. The Hall–Kier alpha value is -1.53. The van der Waals surface area contributed by atoms with Crippen molar-refractivity contribution >= 4 is 68.1 Å². The number of carbonyl (C=O) groups is 2. The van der Waals surface area contributed by atoms with Gasteiger partial charge in [0.25, 0.3) is 5.91 Å². The Labute approximate surface area is 192 Å². The van der Waals surface area contributed by atoms with E-state index in [0.717, 1.165) is 34.8 Å². The van der Waals surface area contributed by atoms with Gasteiger partial charge in [0, 0.05) is 11.9 Å². The smallest absolute Gasteiger partial charge is 0.341 e. The number of hydrogen-bond donors (Lipinski definition) is 2. The molecule has 1 atom stereocenters. The molecule has 1 amide bonds. The van der Waals surface area contributed by atoms with Crippen LogP contribution in [-0.2, 0) is 24.6 Å². The molecule has 0 aliphatic heterocycles. The van der Waals surface area contributed by atoms with Crippen molar-refractivity contribution in [2.45, 2.75) is 39.5 Å². The Bertz CT molecular complexity index is 934. The minimum absolute atomic E-state index is 0.142. The third-order valence-electron chi connectivity index (χ3n) is 4.99. The molecule has 10 heteroatoms. The zero-order chi connectivity index (χ0) is 21.1. The van der Waals surface area contributed by atoms with Crippen LogP contribution in [0, 0.1) is 9.49 Å². The first kappa shape index (κ1) is 22.2. The second kappa shape index (κ2) is 9.52. The lowest BCUT2D eigenvalue weighted by molar-refractivity contribution is 0.0526. The summed E-state index contributed by atoms with van der Waals surface area (Å²) in [7, 11) is 1.70. The van der Waals surface area contributed by atoms with Crippen LogP contribution in [0.2, 0.25) is 0 Å². The van der Waals surface area contributed by atoms with Gasteiger partial charge in [-0.1, -0.05) is 13.3 Å². The molecule has 0 saturated heterocycles. The second-order valence-corrected chi connectivity index (χ2v) is 9.49. The van der Waals surface area contributed by atoms with E-state index in [-0.39, 0.29) is 17.0 Å². The van der Waals surface area contributed by atoms with Gasteiger partial charge in [0.1, 0.15) is 10.7 Å². The predicted octanol–water partition coefficient (Wildman–Crippen LogP) is 3.90. The van der Waals surface area contributed by atoms with Gasteiger partial charge in [0.05, 0.1) is 21.9 Å². The number of carbonyl (C=O) groups excluding carboxylic acids is 2. The molecule has 7 nitrogen and oxygen atoms in total. The minimum atomic E-state index is -0.350. The zero-order valence-corrected chi connectivity index (χ0v) is 20.3. The fourth-order valence-corrected chi connectivity index (χ4v) is 5.81. The van der Waals surface area contributed by atoms with E-state index in [1.54, 1.807) is 20.2 Å². The number of rotatable bonds is 5. The number of amides is 1. The van der Waals surface area contributed by atoms with Gasteiger partial charge < -0.3 is 10.1 Å². The highest BCUT2D eigenvalue weighted by molar-refractivity contribution is 14.1. The van der Waals surface area contributed by atoms with Crippen LogP contribution in [0.5, 0.6) is 0 Å². The van der Waals surface area contributed by atoms with Crippen LogP contribution in [0.3, 0.4) is 0 Å². The number of nitrogens with zero attached hydrogens (tertiary/aromatic N) is 2. The first-order valence-corrected chi connectivity index (χ1v) is 11.8. The molecule has 3 rings (SSSR count). The van der Waals surface area contributed by atoms with Crippen LogP contribution in [0.1, 0.15) is 58.0 Å². The van der Waals surface area contributed by atoms with Gasteiger partial charge in [-0.15, -0.1) is 11.3 Å². The summed E-state index contributed by atoms with van der Waals surface area (Å²) in [6, 6.07) is 0. The first-order valence-electron chi connectivity index (χ1n) is 9.47. The van der Waals surface area contributed by atoms with E-state index in [1.165, 1.54) is 20.9 Å². The summed E-state index contributed by atoms with van der Waals surface area (Å²) in [5.74, 6) is -0.0719. The van der Waals surface area contributed by atoms with Crippen LogP contribution in [0.15, 0.2) is 6.20 Å². The molecule has 0 spiro atoms. The lowest BCUT2D eigenvalue weighted by atomic mass is 9.86. The quantitative estimate of drug-likeness (QED) is 0.336. The number of thiocarbonyl (C=S) groups is 1. The lowest BCUT2D eigenvalue weighted by Gasteiger charge is -2.21. The van der Waals surface area contributed by atoms with Gasteiger partial charge in [-0.3, -0.25) is 14.8 Å². The Morgan fingerprint density at radius 3 is 2.83 bits per heavy atom. The predicted molar refractivity (Wildman–Crippen MR) is 126 cm³/mol. The molecular weight excluding hydrogens is 523 g/mol. The van der Waals surface area contributed by atoms with Gasteiger partial charge >= 0.3 is 5.97 Å². The molecule has 0 fully saturated rings. The standard InChI is InChI=1S/C19H23IN4O3S2/c1-4-10-6-7-11-13(8-10)29-17(14(11)18(26)27-5-2)23-19(28)22-16(25)15-12(20)9-21-24(15)3/h9-10H,4-8H2,1-3H3,(H2,22,23,25,28)/t10-/m1/s1. The number of aromatic nitrogens is 2. The lowest BCUT2D eigenvalue weighted by Crippen LogP contribution is -2.35. The van der Waals surface area contributed by atoms with E-state index in [0.29, 0.717) is 28.8 Å². The van der Waals surface area contributed by atoms with Crippen LogP contribution in [0.25, 0.3) is 0 Å². The van der Waals surface area contributed by atoms with Gasteiger partial charge in [-0.2, -0.15) is 5.10 Å². The number of anilines is 1. The van der Waals surface area contributed by atoms with Crippen molar-refractivity contribution in [1.29, 1.82) is 0 Å². The van der Waals surface area contributed by atoms with Crippen molar-refractivity contribution < 1.29 is 14.3 Å². The number of fused-ring (bicyclic) bond motifs is 1. The fraction of sp³-hybridized carbons (Fsp3) is 0.474. The monoisotopic (exact) mass is 546 g/mol. The molecule has 29 heavy (non-hydrogen) atoms. The molecule has 0 aromatic carbocycles. The van der Waals surface area contributed by atoms with Crippen molar-refractivity contribution in [3.05, 3.63) is 31.5 Å². The molecule has 2 aromatic heterocycles. The average molecular weight is 546 g/mol. The Morgan fingerprint density at radius 1 is 1.45 bits per heavy atom. The van der Waals surface area contributed by atoms with E-state index < -0.39 is 0 Å². The molecular formula is C19H23IN4O3S2. The molecule has 0 saturated carbocycles. The molecule has 156 valence electrons. The van der Waals surface area contributed by atoms with Crippen molar-refractivity contribution in [3.63, 3.8) is 0 Å². The van der Waals surface area contributed by atoms with Crippen LogP contribution < -0.4 is 10.6 Å². The number of aryl methyl sites for hydroxylation is 1. The summed E-state index contributed by atoms with van der Waals surface area (Å²) in [6.45, 7) is 4.29. The van der Waals surface area contributed by atoms with Crippen LogP contribution in [-0.4, -0.2) is 33.4 Å². The minimum Gasteiger partial charge on any atom is -0.462 e. The van der Waals surface area contributed by atoms with Gasteiger partial charge in [-0.05, 0) is 72.5 Å². The number of ether oxygens (including phenoxy) is 1. The maximum Gasteiger partial charge on any atom is 0.341 e. The SMILES string of the molecule is CCOC(=O)c1c(NC(=S)NC(=O)c2c(I)cnn2C)sc2c1CC[C@@H](CC)C2. The van der Waals surface area contributed by atoms with Crippen molar-refractivity contribution in [2.24, 2.45) is 13.0 Å². The Kier molecular flexibility index (Phi) is 7.28. The van der Waals surface area contributed by atoms with Gasteiger partial charge in [-0.25, -0.2) is 4.79 Å². The number of nitrogens with one attached hydrogen (secondary N) is 2. The maximum absolute atomic E-state index is 12.6. The number of esters is 1. The Morgan fingerprint density at radius 2 is 2.21 bits per heavy atom. The molecule has 0 radical (unpaired) electrons. The largest absolute Gasteiger partial charge is 0.462 e. The summed E-state index contributed by atoms with van der Waals surface area (Å²) < 4.78 is 7.51. The number of halogens is 1. The van der Waals surface area contributed by atoms with Crippen molar-refractivity contribution in [1.82, 2.24) is 15.1 Å². The van der Waals surface area contributed by atoms with E-state index in [9.17, 15) is 9.59 Å². The zero-order valence-electron chi connectivity index (χ0n) is 16.5.